The van der Waals surface area contributed by atoms with Gasteiger partial charge in [0.25, 0.3) is 0 Å². The second kappa shape index (κ2) is 9.35. The monoisotopic (exact) mass is 368 g/mol. The maximum absolute atomic E-state index is 9.32. The zero-order valence-electron chi connectivity index (χ0n) is 16.4. The van der Waals surface area contributed by atoms with Gasteiger partial charge in [0.1, 0.15) is 5.76 Å². The van der Waals surface area contributed by atoms with Gasteiger partial charge in [-0.25, -0.2) is 0 Å². The van der Waals surface area contributed by atoms with Crippen molar-refractivity contribution in [1.29, 1.82) is 0 Å². The molecule has 0 saturated carbocycles. The average Bonchev–Trinajstić information content (AvgIpc) is 3.14. The van der Waals surface area contributed by atoms with Gasteiger partial charge in [-0.1, -0.05) is 20.8 Å². The maximum atomic E-state index is 9.32. The van der Waals surface area contributed by atoms with Crippen LogP contribution in [-0.2, 0) is 15.6 Å². The van der Waals surface area contributed by atoms with Crippen molar-refractivity contribution in [3.05, 3.63) is 24.2 Å². The van der Waals surface area contributed by atoms with Crippen molar-refractivity contribution < 1.29 is 18.7 Å². The molecule has 0 bridgehead atoms. The first-order valence-electron chi connectivity index (χ1n) is 9.99. The zero-order valence-corrected chi connectivity index (χ0v) is 17.4. The molecule has 0 aliphatic carbocycles. The van der Waals surface area contributed by atoms with Gasteiger partial charge in [-0.2, -0.15) is 0 Å². The van der Waals surface area contributed by atoms with E-state index < -0.39 is 8.32 Å². The Kier molecular flexibility index (Phi) is 7.74. The van der Waals surface area contributed by atoms with Crippen LogP contribution in [0.2, 0.25) is 18.1 Å². The Labute approximate surface area is 154 Å². The highest BCUT2D eigenvalue weighted by Gasteiger charge is 2.45. The third-order valence-electron chi connectivity index (χ3n) is 6.09. The molecule has 4 nitrogen and oxygen atoms in total. The molecule has 0 aromatic carbocycles. The van der Waals surface area contributed by atoms with E-state index in [2.05, 4.69) is 27.7 Å². The molecule has 1 aliphatic heterocycles. The van der Waals surface area contributed by atoms with Crippen molar-refractivity contribution in [1.82, 2.24) is 0 Å². The van der Waals surface area contributed by atoms with Gasteiger partial charge in [0.05, 0.1) is 24.1 Å². The standard InChI is InChI=1S/C20H36O4Si/c1-5-25(6-2,7-3)24-19-11-10-18(13-15-21)23-20(19,4)14-12-17-9-8-16-22-17/h8-9,16,18-19,21H,5-7,10-15H2,1-4H3/t18-,19+,20-/m0/s1. The summed E-state index contributed by atoms with van der Waals surface area (Å²) in [5.74, 6) is 0.998. The van der Waals surface area contributed by atoms with Crippen LogP contribution in [0.3, 0.4) is 0 Å². The number of rotatable bonds is 10. The molecule has 1 fully saturated rings. The minimum Gasteiger partial charge on any atom is -0.469 e. The third-order valence-corrected chi connectivity index (χ3v) is 10.7. The molecule has 1 saturated heterocycles. The lowest BCUT2D eigenvalue weighted by atomic mass is 9.85. The summed E-state index contributed by atoms with van der Waals surface area (Å²) in [5.41, 5.74) is -0.317. The Hall–Kier alpha value is -0.623. The van der Waals surface area contributed by atoms with Crippen LogP contribution >= 0.6 is 0 Å². The summed E-state index contributed by atoms with van der Waals surface area (Å²) in [6.07, 6.45) is 6.45. The molecular formula is C20H36O4Si. The summed E-state index contributed by atoms with van der Waals surface area (Å²) in [5, 5.41) is 9.32. The van der Waals surface area contributed by atoms with Gasteiger partial charge >= 0.3 is 0 Å². The first-order chi connectivity index (χ1) is 12.0. The summed E-state index contributed by atoms with van der Waals surface area (Å²) < 4.78 is 18.9. The molecule has 0 radical (unpaired) electrons. The summed E-state index contributed by atoms with van der Waals surface area (Å²) in [7, 11) is -1.68. The zero-order chi connectivity index (χ0) is 18.3. The lowest BCUT2D eigenvalue weighted by Crippen LogP contribution is -2.55. The number of aliphatic hydroxyl groups excluding tert-OH is 1. The molecule has 2 heterocycles. The lowest BCUT2D eigenvalue weighted by molar-refractivity contribution is -0.181. The molecule has 144 valence electrons. The molecule has 1 N–H and O–H groups in total. The average molecular weight is 369 g/mol. The maximum Gasteiger partial charge on any atom is 0.192 e. The van der Waals surface area contributed by atoms with E-state index in [1.165, 1.54) is 0 Å². The molecule has 1 aromatic rings. The van der Waals surface area contributed by atoms with Crippen LogP contribution in [0.1, 0.15) is 59.1 Å². The Bertz CT molecular complexity index is 478. The fourth-order valence-corrected chi connectivity index (χ4v) is 7.01. The molecular weight excluding hydrogens is 332 g/mol. The van der Waals surface area contributed by atoms with E-state index in [1.807, 2.05) is 12.1 Å². The van der Waals surface area contributed by atoms with Gasteiger partial charge < -0.3 is 18.7 Å². The van der Waals surface area contributed by atoms with Crippen molar-refractivity contribution in [2.45, 2.75) is 95.7 Å². The van der Waals surface area contributed by atoms with Gasteiger partial charge in [0.2, 0.25) is 0 Å². The fourth-order valence-electron chi connectivity index (χ4n) is 4.04. The van der Waals surface area contributed by atoms with Crippen LogP contribution in [0.15, 0.2) is 22.8 Å². The predicted octanol–water partition coefficient (Wildman–Crippen LogP) is 4.92. The van der Waals surface area contributed by atoms with Gasteiger partial charge in [-0.05, 0) is 62.9 Å². The van der Waals surface area contributed by atoms with Crippen LogP contribution in [0, 0.1) is 0 Å². The SMILES string of the molecule is CC[Si](CC)(CC)O[C@@H]1CC[C@@H](CCO)O[C@@]1(C)CCc1ccco1. The normalized spacial score (nSPS) is 27.6. The van der Waals surface area contributed by atoms with Crippen molar-refractivity contribution in [2.75, 3.05) is 6.61 Å². The number of aryl methyl sites for hydroxylation is 1. The van der Waals surface area contributed by atoms with Crippen LogP contribution in [-0.4, -0.2) is 37.8 Å². The minimum atomic E-state index is -1.68. The minimum absolute atomic E-state index is 0.132. The molecule has 3 atom stereocenters. The summed E-state index contributed by atoms with van der Waals surface area (Å²) in [6.45, 7) is 9.21. The number of hydrogen-bond donors (Lipinski definition) is 1. The summed E-state index contributed by atoms with van der Waals surface area (Å²) >= 11 is 0. The van der Waals surface area contributed by atoms with Crippen molar-refractivity contribution in [2.24, 2.45) is 0 Å². The van der Waals surface area contributed by atoms with E-state index in [0.29, 0.717) is 6.42 Å². The Balaban J connectivity index is 2.13. The van der Waals surface area contributed by atoms with E-state index in [-0.39, 0.29) is 24.4 Å². The summed E-state index contributed by atoms with van der Waals surface area (Å²) in [4.78, 5) is 0. The van der Waals surface area contributed by atoms with Gasteiger partial charge in [0.15, 0.2) is 8.32 Å². The van der Waals surface area contributed by atoms with Gasteiger partial charge in [-0.3, -0.25) is 0 Å². The number of hydrogen-bond acceptors (Lipinski definition) is 4. The fraction of sp³-hybridized carbons (Fsp3) is 0.800. The molecule has 1 aliphatic rings. The van der Waals surface area contributed by atoms with Crippen LogP contribution in [0.5, 0.6) is 0 Å². The van der Waals surface area contributed by atoms with E-state index in [4.69, 9.17) is 13.6 Å². The third kappa shape index (κ3) is 5.19. The first-order valence-corrected chi connectivity index (χ1v) is 12.5. The van der Waals surface area contributed by atoms with E-state index in [0.717, 1.165) is 49.6 Å². The van der Waals surface area contributed by atoms with E-state index in [1.54, 1.807) is 6.26 Å². The molecule has 2 rings (SSSR count). The predicted molar refractivity (Wildman–Crippen MR) is 103 cm³/mol. The number of aliphatic hydroxyl groups is 1. The second-order valence-corrected chi connectivity index (χ2v) is 12.3. The summed E-state index contributed by atoms with van der Waals surface area (Å²) in [6, 6.07) is 7.43. The van der Waals surface area contributed by atoms with Crippen LogP contribution in [0.25, 0.3) is 0 Å². The molecule has 0 spiro atoms. The Morgan fingerprint density at radius 2 is 1.96 bits per heavy atom. The van der Waals surface area contributed by atoms with Crippen molar-refractivity contribution in [3.63, 3.8) is 0 Å². The van der Waals surface area contributed by atoms with Gasteiger partial charge in [-0.15, -0.1) is 0 Å². The topological polar surface area (TPSA) is 51.8 Å². The smallest absolute Gasteiger partial charge is 0.192 e. The second-order valence-electron chi connectivity index (χ2n) is 7.57. The Morgan fingerprint density at radius 1 is 1.24 bits per heavy atom. The van der Waals surface area contributed by atoms with E-state index >= 15 is 0 Å². The Morgan fingerprint density at radius 3 is 2.52 bits per heavy atom. The van der Waals surface area contributed by atoms with Gasteiger partial charge in [0, 0.05) is 13.0 Å². The van der Waals surface area contributed by atoms with Crippen LogP contribution < -0.4 is 0 Å². The molecule has 1 aromatic heterocycles. The molecule has 25 heavy (non-hydrogen) atoms. The van der Waals surface area contributed by atoms with Crippen molar-refractivity contribution >= 4 is 8.32 Å². The quantitative estimate of drug-likeness (QED) is 0.595. The highest BCUT2D eigenvalue weighted by molar-refractivity contribution is 6.73. The first kappa shape index (κ1) is 20.7. The molecule has 0 unspecified atom stereocenters. The van der Waals surface area contributed by atoms with Crippen LogP contribution in [0.4, 0.5) is 0 Å². The highest BCUT2D eigenvalue weighted by atomic mass is 28.4. The lowest BCUT2D eigenvalue weighted by Gasteiger charge is -2.48. The number of ether oxygens (including phenoxy) is 1. The highest BCUT2D eigenvalue weighted by Crippen LogP contribution is 2.39. The molecule has 5 heteroatoms. The largest absolute Gasteiger partial charge is 0.469 e. The van der Waals surface area contributed by atoms with E-state index in [9.17, 15) is 5.11 Å². The van der Waals surface area contributed by atoms with Crippen molar-refractivity contribution in [3.8, 4) is 0 Å². The molecule has 0 amide bonds. The number of furan rings is 1.